The molecule has 0 radical (unpaired) electrons. The molecule has 272 valence electrons. The molecule has 13 nitrogen and oxygen atoms in total. The molecule has 4 bridgehead atoms. The summed E-state index contributed by atoms with van der Waals surface area (Å²) in [4.78, 5) is 51.2. The van der Waals surface area contributed by atoms with Crippen molar-refractivity contribution in [2.45, 2.75) is 76.1 Å². The van der Waals surface area contributed by atoms with E-state index in [2.05, 4.69) is 25.3 Å². The van der Waals surface area contributed by atoms with E-state index in [1.807, 2.05) is 62.4 Å². The van der Waals surface area contributed by atoms with Crippen LogP contribution in [0.1, 0.15) is 60.7 Å². The molecule has 1 aromatic heterocycles. The Hall–Kier alpha value is -5.50. The Labute approximate surface area is 303 Å². The third-order valence-corrected chi connectivity index (χ3v) is 10.2. The van der Waals surface area contributed by atoms with Gasteiger partial charge in [-0.2, -0.15) is 4.98 Å². The maximum absolute atomic E-state index is 14.1. The van der Waals surface area contributed by atoms with Crippen molar-refractivity contribution >= 4 is 33.9 Å². The average Bonchev–Trinajstić information content (AvgIpc) is 3.07. The lowest BCUT2D eigenvalue weighted by atomic mass is 9.97. The first-order valence-corrected chi connectivity index (χ1v) is 18.5. The van der Waals surface area contributed by atoms with Gasteiger partial charge in [0, 0.05) is 49.5 Å². The number of alkyl carbamates (subject to hydrolysis) is 1. The Balaban J connectivity index is 1.33. The van der Waals surface area contributed by atoms with E-state index in [0.717, 1.165) is 22.3 Å². The van der Waals surface area contributed by atoms with Gasteiger partial charge in [-0.05, 0) is 69.5 Å². The van der Waals surface area contributed by atoms with Gasteiger partial charge in [-0.1, -0.05) is 54.6 Å². The molecule has 52 heavy (non-hydrogen) atoms. The zero-order valence-electron chi connectivity index (χ0n) is 29.7. The van der Waals surface area contributed by atoms with E-state index in [-0.39, 0.29) is 60.5 Å². The lowest BCUT2D eigenvalue weighted by Gasteiger charge is -2.42. The second-order valence-corrected chi connectivity index (χ2v) is 15.8. The fourth-order valence-corrected chi connectivity index (χ4v) is 7.38. The molecule has 6 rings (SSSR count). The number of hydrogen-bond donors (Lipinski definition) is 3. The number of aromatic nitrogens is 2. The Morgan fingerprint density at radius 3 is 2.31 bits per heavy atom. The van der Waals surface area contributed by atoms with Crippen molar-refractivity contribution in [2.24, 2.45) is 0 Å². The van der Waals surface area contributed by atoms with E-state index < -0.39 is 39.4 Å². The first-order valence-electron chi connectivity index (χ1n) is 17.0. The molecule has 1 saturated heterocycles. The second kappa shape index (κ2) is 14.3. The van der Waals surface area contributed by atoms with Crippen LogP contribution in [0.2, 0.25) is 0 Å². The predicted octanol–water partition coefficient (Wildman–Crippen LogP) is 5.14. The molecule has 3 heterocycles. The molecule has 3 aromatic carbocycles. The minimum atomic E-state index is -4.18. The summed E-state index contributed by atoms with van der Waals surface area (Å²) >= 11 is 0. The van der Waals surface area contributed by atoms with E-state index >= 15 is 0 Å². The maximum atomic E-state index is 14.1. The number of sulfonamides is 1. The Kier molecular flexibility index (Phi) is 9.95. The average molecular weight is 727 g/mol. The molecule has 3 amide bonds. The first kappa shape index (κ1) is 36.3. The molecule has 0 saturated carbocycles. The van der Waals surface area contributed by atoms with Gasteiger partial charge in [-0.3, -0.25) is 9.59 Å². The SMILES string of the molecule is Cc1cccc(C)c1-c1cc2nc(n1)NS(=O)(=O)c1cccc(c1)C(=O)NC1(CCN(C(=O)C(Cc3ccccc3)NC(=O)OC(C)(C)C)CC1)O2. The number of benzene rings is 3. The Morgan fingerprint density at radius 2 is 1.63 bits per heavy atom. The highest BCUT2D eigenvalue weighted by molar-refractivity contribution is 7.92. The normalized spacial score (nSPS) is 16.9. The zero-order valence-corrected chi connectivity index (χ0v) is 30.5. The molecule has 1 fully saturated rings. The Morgan fingerprint density at radius 1 is 0.962 bits per heavy atom. The highest BCUT2D eigenvalue weighted by atomic mass is 32.2. The van der Waals surface area contributed by atoms with Crippen molar-refractivity contribution in [3.63, 3.8) is 0 Å². The first-order chi connectivity index (χ1) is 24.6. The number of anilines is 1. The third-order valence-electron chi connectivity index (χ3n) is 8.87. The predicted molar refractivity (Wildman–Crippen MR) is 194 cm³/mol. The monoisotopic (exact) mass is 726 g/mol. The number of nitrogens with one attached hydrogen (secondary N) is 3. The number of amides is 3. The van der Waals surface area contributed by atoms with Gasteiger partial charge < -0.3 is 25.0 Å². The number of fused-ring (bicyclic) bond motifs is 4. The lowest BCUT2D eigenvalue weighted by Crippen LogP contribution is -2.61. The number of nitrogens with zero attached hydrogens (tertiary/aromatic N) is 3. The van der Waals surface area contributed by atoms with Gasteiger partial charge in [0.15, 0.2) is 5.72 Å². The fraction of sp³-hybridized carbons (Fsp3) is 0.342. The van der Waals surface area contributed by atoms with Crippen molar-refractivity contribution in [3.8, 4) is 17.1 Å². The van der Waals surface area contributed by atoms with Crippen molar-refractivity contribution in [1.29, 1.82) is 0 Å². The summed E-state index contributed by atoms with van der Waals surface area (Å²) in [7, 11) is -4.18. The van der Waals surface area contributed by atoms with Crippen molar-refractivity contribution in [2.75, 3.05) is 17.8 Å². The van der Waals surface area contributed by atoms with Gasteiger partial charge in [-0.15, -0.1) is 0 Å². The molecule has 14 heteroatoms. The molecular weight excluding hydrogens is 685 g/mol. The van der Waals surface area contributed by atoms with Gasteiger partial charge in [0.1, 0.15) is 11.6 Å². The van der Waals surface area contributed by atoms with Gasteiger partial charge in [-0.25, -0.2) is 22.9 Å². The number of hydrogen-bond acceptors (Lipinski definition) is 9. The van der Waals surface area contributed by atoms with Gasteiger partial charge in [0.25, 0.3) is 15.9 Å². The van der Waals surface area contributed by atoms with E-state index in [1.54, 1.807) is 31.7 Å². The number of rotatable bonds is 5. The van der Waals surface area contributed by atoms with Crippen LogP contribution in [-0.2, 0) is 26.0 Å². The summed E-state index contributed by atoms with van der Waals surface area (Å²) in [6.07, 6.45) is -0.163. The summed E-state index contributed by atoms with van der Waals surface area (Å²) in [6, 6.07) is 21.5. The minimum absolute atomic E-state index is 0.0308. The summed E-state index contributed by atoms with van der Waals surface area (Å²) in [5.41, 5.74) is 1.88. The number of aryl methyl sites for hydroxylation is 2. The number of carbonyl (C=O) groups is 3. The highest BCUT2D eigenvalue weighted by Crippen LogP contribution is 2.33. The van der Waals surface area contributed by atoms with Crippen molar-refractivity contribution in [3.05, 3.63) is 101 Å². The number of likely N-dealkylation sites (tertiary alicyclic amines) is 1. The highest BCUT2D eigenvalue weighted by Gasteiger charge is 2.42. The summed E-state index contributed by atoms with van der Waals surface area (Å²) in [5, 5.41) is 5.76. The molecule has 0 aliphatic carbocycles. The molecule has 2 aliphatic heterocycles. The van der Waals surface area contributed by atoms with E-state index in [1.165, 1.54) is 24.3 Å². The second-order valence-electron chi connectivity index (χ2n) is 14.1. The van der Waals surface area contributed by atoms with E-state index in [0.29, 0.717) is 5.69 Å². The van der Waals surface area contributed by atoms with Crippen LogP contribution in [0.5, 0.6) is 5.88 Å². The molecule has 1 atom stereocenters. The molecule has 4 aromatic rings. The van der Waals surface area contributed by atoms with Crippen LogP contribution in [0.15, 0.2) is 83.8 Å². The van der Waals surface area contributed by atoms with Crippen LogP contribution < -0.4 is 20.1 Å². The van der Waals surface area contributed by atoms with Crippen LogP contribution >= 0.6 is 0 Å². The summed E-state index contributed by atoms with van der Waals surface area (Å²) < 4.78 is 41.4. The molecular formula is C38H42N6O7S. The van der Waals surface area contributed by atoms with E-state index in [9.17, 15) is 22.8 Å². The lowest BCUT2D eigenvalue weighted by molar-refractivity contribution is -0.137. The van der Waals surface area contributed by atoms with Gasteiger partial charge >= 0.3 is 6.09 Å². The van der Waals surface area contributed by atoms with Crippen LogP contribution in [0.3, 0.4) is 0 Å². The van der Waals surface area contributed by atoms with Crippen LogP contribution in [0, 0.1) is 13.8 Å². The van der Waals surface area contributed by atoms with Crippen LogP contribution in [0.4, 0.5) is 10.7 Å². The number of carbonyl (C=O) groups excluding carboxylic acids is 3. The van der Waals surface area contributed by atoms with E-state index in [4.69, 9.17) is 9.47 Å². The number of piperidine rings is 1. The molecule has 1 spiro atoms. The van der Waals surface area contributed by atoms with Crippen LogP contribution in [-0.4, -0.2) is 71.7 Å². The third kappa shape index (κ3) is 8.34. The molecule has 1 unspecified atom stereocenters. The Bertz CT molecular complexity index is 2090. The summed E-state index contributed by atoms with van der Waals surface area (Å²) in [5.74, 6) is -1.04. The molecule has 2 aliphatic rings. The van der Waals surface area contributed by atoms with Crippen LogP contribution in [0.25, 0.3) is 11.3 Å². The standard InChI is InChI=1S/C38H42N6O7S/c1-24-11-9-12-25(2)32(24)29-23-31-41-35(39-29)43-52(48,49)28-16-10-15-27(22-28)33(45)42-38(50-31)17-19-44(20-18-38)34(46)30(21-26-13-7-6-8-14-26)40-36(47)51-37(3,4)5/h6-16,22-23,30H,17-21H2,1-5H3,(H,40,47)(H,42,45)(H,39,41,43). The molecule has 3 N–H and O–H groups in total. The fourth-order valence-electron chi connectivity index (χ4n) is 6.39. The van der Waals surface area contributed by atoms with Gasteiger partial charge in [0.05, 0.1) is 10.6 Å². The smallest absolute Gasteiger partial charge is 0.408 e. The topological polar surface area (TPSA) is 169 Å². The zero-order chi connectivity index (χ0) is 37.3. The van der Waals surface area contributed by atoms with Gasteiger partial charge in [0.2, 0.25) is 17.7 Å². The van der Waals surface area contributed by atoms with Crippen molar-refractivity contribution < 1.29 is 32.3 Å². The number of ether oxygens (including phenoxy) is 2. The van der Waals surface area contributed by atoms with Crippen molar-refractivity contribution in [1.82, 2.24) is 25.5 Å². The quantitative estimate of drug-likeness (QED) is 0.252. The largest absolute Gasteiger partial charge is 0.451 e. The summed E-state index contributed by atoms with van der Waals surface area (Å²) in [6.45, 7) is 9.42. The minimum Gasteiger partial charge on any atom is -0.451 e. The maximum Gasteiger partial charge on any atom is 0.408 e.